The van der Waals surface area contributed by atoms with Crippen LogP contribution < -0.4 is 76.8 Å². The molecule has 0 spiro atoms. The van der Waals surface area contributed by atoms with E-state index in [1.807, 2.05) is 0 Å². The number of carbonyl (C=O) groups excluding carboxylic acids is 10. The minimum absolute atomic E-state index is 0.00440. The summed E-state index contributed by atoms with van der Waals surface area (Å²) in [6.07, 6.45) is -1.37. The number of hydrogen-bond acceptors (Lipinski definition) is 14. The molecule has 4 rings (SSSR count). The zero-order valence-corrected chi connectivity index (χ0v) is 47.1. The van der Waals surface area contributed by atoms with Gasteiger partial charge in [0.2, 0.25) is 17.7 Å². The zero-order chi connectivity index (χ0) is 60.3. The van der Waals surface area contributed by atoms with Crippen LogP contribution in [0.1, 0.15) is 68.1 Å². The van der Waals surface area contributed by atoms with Crippen LogP contribution in [0.3, 0.4) is 0 Å². The first kappa shape index (κ1) is 65.5. The van der Waals surface area contributed by atoms with E-state index in [0.717, 1.165) is 5.56 Å². The summed E-state index contributed by atoms with van der Waals surface area (Å²) in [5, 5.41) is 25.6. The fourth-order valence-corrected chi connectivity index (χ4v) is 10.8. The number of carbonyl (C=O) groups is 10. The van der Waals surface area contributed by atoms with Gasteiger partial charge >= 0.3 is 267 Å². The van der Waals surface area contributed by atoms with E-state index in [0.29, 0.717) is 16.9 Å². The van der Waals surface area contributed by atoms with Gasteiger partial charge in [-0.1, -0.05) is 54.6 Å². The first-order valence-corrected chi connectivity index (χ1v) is 28.6. The number of aryl methyl sites for hydroxylation is 1. The SMILES string of the molecule is COc1ccc(C[C@@H](NC(=O)CCc2ccc(O)cc2)C(=O)N[C@@H](Cc2ccccc2)C(=O)N[C@@H](CCC(N)=O)C(=O)N[C@@H](CC(N)=O)C(=O)N[C@@H](CCCN=C(N)N)C(=O)N2C[Se]C[C@H]2C(=O)N[C@@H](CCCN=C(N)N)C(N)=O)cc1. The van der Waals surface area contributed by atoms with Gasteiger partial charge in [-0.3, -0.25) is 19.2 Å². The molecular formula is C53H74N16O12Se. The Morgan fingerprint density at radius 3 is 1.66 bits per heavy atom. The molecule has 3 aromatic carbocycles. The number of guanidine groups is 2. The predicted octanol–water partition coefficient (Wildman–Crippen LogP) is -4.25. The standard InChI is InChI=1S/C53H74N16O12Se/c1-81-34-18-13-32(14-19-34)26-38(63-44(73)22-15-30-11-16-33(70)17-12-30)47(76)67-39(25-31-7-3-2-4-8-31)48(77)65-36(20-21-42(54)71)46(75)68-40(27-43(55)72)49(78)66-37(10-6-24-62-53(59)60)51(80)69-29-82-28-41(69)50(79)64-35(45(56)74)9-5-23-61-52(57)58/h2-4,7-8,11-14,16-19,35-41,70H,5-6,9-10,15,20-29H2,1H3,(H2,54,71)(H2,55,72)(H2,56,74)(H,63,73)(H,64,79)(H,65,77)(H,66,78)(H,67,76)(H,68,75)(H4,57,58,61)(H4,59,60,62)/t35-,36-,37-,38+,39-,40-,41-/m0/s1. The van der Waals surface area contributed by atoms with Crippen LogP contribution >= 0.6 is 0 Å². The van der Waals surface area contributed by atoms with E-state index in [1.165, 1.54) is 24.1 Å². The number of ether oxygens (including phenoxy) is 1. The Hall–Kier alpha value is -8.98. The maximum Gasteiger partial charge on any atom is -0.0197 e. The number of primary amides is 3. The number of phenolic OH excluding ortho intramolecular Hbond substituents is 1. The van der Waals surface area contributed by atoms with Crippen molar-refractivity contribution in [2.75, 3.05) is 25.6 Å². The van der Waals surface area contributed by atoms with Crippen molar-refractivity contribution in [3.05, 3.63) is 95.6 Å². The van der Waals surface area contributed by atoms with Crippen molar-refractivity contribution in [3.8, 4) is 11.5 Å². The second-order valence-corrected chi connectivity index (χ2v) is 21.2. The number of methoxy groups -OCH3 is 1. The number of nitrogens with one attached hydrogen (secondary N) is 6. The van der Waals surface area contributed by atoms with Crippen molar-refractivity contribution in [2.24, 2.45) is 50.1 Å². The zero-order valence-electron chi connectivity index (χ0n) is 45.4. The number of phenols is 1. The molecule has 1 fully saturated rings. The molecule has 7 atom stereocenters. The monoisotopic (exact) mass is 1210 g/mol. The van der Waals surface area contributed by atoms with E-state index >= 15 is 0 Å². The predicted molar refractivity (Wildman–Crippen MR) is 302 cm³/mol. The Morgan fingerprint density at radius 1 is 0.585 bits per heavy atom. The summed E-state index contributed by atoms with van der Waals surface area (Å²) in [5.74, 6) is -8.44. The topological polar surface area (TPSA) is 482 Å². The van der Waals surface area contributed by atoms with Crippen LogP contribution in [0.4, 0.5) is 0 Å². The second-order valence-electron chi connectivity index (χ2n) is 19.1. The number of aliphatic imine (C=N–C) groups is 2. The molecule has 1 heterocycles. The summed E-state index contributed by atoms with van der Waals surface area (Å²) < 4.78 is 5.28. The minimum atomic E-state index is -1.81. The fraction of sp³-hybridized carbons (Fsp3) is 0.434. The number of amides is 10. The Balaban J connectivity index is 1.60. The molecule has 0 saturated carbocycles. The molecule has 3 aromatic rings. The Labute approximate surface area is 479 Å². The molecular weight excluding hydrogens is 1130 g/mol. The van der Waals surface area contributed by atoms with Crippen LogP contribution in [0, 0.1) is 0 Å². The van der Waals surface area contributed by atoms with Crippen LogP contribution in [-0.4, -0.2) is 164 Å². The maximum absolute atomic E-state index is 14.5. The average Bonchev–Trinajstić information content (AvgIpc) is 4.05. The van der Waals surface area contributed by atoms with E-state index in [9.17, 15) is 53.1 Å². The van der Waals surface area contributed by atoms with E-state index in [2.05, 4.69) is 41.9 Å². The van der Waals surface area contributed by atoms with Crippen LogP contribution in [-0.2, 0) is 67.2 Å². The first-order chi connectivity index (χ1) is 39.0. The normalized spacial score (nSPS) is 14.8. The third-order valence-corrected chi connectivity index (χ3v) is 14.9. The molecule has 0 aliphatic carbocycles. The van der Waals surface area contributed by atoms with Crippen LogP contribution in [0.5, 0.6) is 11.5 Å². The Morgan fingerprint density at radius 2 is 1.10 bits per heavy atom. The molecule has 1 aliphatic rings. The summed E-state index contributed by atoms with van der Waals surface area (Å²) in [4.78, 5) is 145. The van der Waals surface area contributed by atoms with E-state index in [-0.39, 0.29) is 108 Å². The van der Waals surface area contributed by atoms with Gasteiger partial charge in [0.15, 0.2) is 0 Å². The summed E-state index contributed by atoms with van der Waals surface area (Å²) in [6.45, 7) is 0.155. The molecule has 28 nitrogen and oxygen atoms in total. The van der Waals surface area contributed by atoms with Crippen molar-refractivity contribution in [1.82, 2.24) is 36.8 Å². The first-order valence-electron chi connectivity index (χ1n) is 26.1. The molecule has 29 heteroatoms. The third kappa shape index (κ3) is 23.0. The van der Waals surface area contributed by atoms with E-state index < -0.39 is 121 Å². The van der Waals surface area contributed by atoms with Gasteiger partial charge in [0, 0.05) is 19.3 Å². The molecule has 21 N–H and O–H groups in total. The molecule has 1 saturated heterocycles. The summed E-state index contributed by atoms with van der Waals surface area (Å²) in [7, 11) is 1.49. The summed E-state index contributed by atoms with van der Waals surface area (Å²) in [6, 6.07) is 11.7. The van der Waals surface area contributed by atoms with Crippen LogP contribution in [0.15, 0.2) is 88.8 Å². The van der Waals surface area contributed by atoms with Gasteiger partial charge < -0.3 is 26.2 Å². The molecule has 0 aromatic heterocycles. The number of nitrogens with zero attached hydrogens (tertiary/aromatic N) is 3. The van der Waals surface area contributed by atoms with Crippen LogP contribution in [0.25, 0.3) is 0 Å². The minimum Gasteiger partial charge on any atom is -0.0553 e. The summed E-state index contributed by atoms with van der Waals surface area (Å²) >= 11 is -0.291. The number of hydrogen-bond donors (Lipinski definition) is 14. The second kappa shape index (κ2) is 33.6. The maximum atomic E-state index is 14.5. The van der Waals surface area contributed by atoms with Crippen molar-refractivity contribution in [1.29, 1.82) is 0 Å². The molecule has 1 aliphatic heterocycles. The largest absolute Gasteiger partial charge is 0.0553 e. The van der Waals surface area contributed by atoms with Gasteiger partial charge in [0.05, 0.1) is 7.11 Å². The van der Waals surface area contributed by atoms with E-state index in [1.54, 1.807) is 66.7 Å². The van der Waals surface area contributed by atoms with Gasteiger partial charge in [-0.15, -0.1) is 0 Å². The molecule has 0 bridgehead atoms. The van der Waals surface area contributed by atoms with Crippen molar-refractivity contribution >= 4 is 85.9 Å². The molecule has 0 unspecified atom stereocenters. The molecule has 444 valence electrons. The van der Waals surface area contributed by atoms with Gasteiger partial charge in [-0.2, -0.15) is 0 Å². The number of rotatable bonds is 34. The van der Waals surface area contributed by atoms with Crippen molar-refractivity contribution < 1.29 is 57.8 Å². The quantitative estimate of drug-likeness (QED) is 0.0117. The van der Waals surface area contributed by atoms with Gasteiger partial charge in [-0.05, 0) is 47.4 Å². The average molecular weight is 1210 g/mol. The molecule has 10 amide bonds. The molecule has 82 heavy (non-hydrogen) atoms. The molecule has 0 radical (unpaired) electrons. The Kier molecular flexibility index (Phi) is 26.8. The van der Waals surface area contributed by atoms with Crippen LogP contribution in [0.2, 0.25) is 5.32 Å². The summed E-state index contributed by atoms with van der Waals surface area (Å²) in [5.41, 5.74) is 40.5. The fourth-order valence-electron chi connectivity index (χ4n) is 8.40. The Bertz CT molecular complexity index is 2750. The third-order valence-electron chi connectivity index (χ3n) is 12.7. The van der Waals surface area contributed by atoms with Gasteiger partial charge in [-0.25, -0.2) is 0 Å². The van der Waals surface area contributed by atoms with E-state index in [4.69, 9.17) is 44.9 Å². The van der Waals surface area contributed by atoms with Crippen molar-refractivity contribution in [3.63, 3.8) is 0 Å². The van der Waals surface area contributed by atoms with Crippen molar-refractivity contribution in [2.45, 2.75) is 118 Å². The number of nitrogens with two attached hydrogens (primary N) is 7. The van der Waals surface area contributed by atoms with Gasteiger partial charge in [0.25, 0.3) is 0 Å². The number of aromatic hydroxyl groups is 1. The van der Waals surface area contributed by atoms with Gasteiger partial charge in [0.1, 0.15) is 23.6 Å². The number of benzene rings is 3. The smallest absolute Gasteiger partial charge is 0.0197 e.